The van der Waals surface area contributed by atoms with Gasteiger partial charge < -0.3 is 15.2 Å². The van der Waals surface area contributed by atoms with Crippen LogP contribution in [0.2, 0.25) is 0 Å². The van der Waals surface area contributed by atoms with E-state index in [2.05, 4.69) is 64.1 Å². The first kappa shape index (κ1) is 24.9. The number of hydrogen-bond donors (Lipinski definition) is 2. The van der Waals surface area contributed by atoms with Gasteiger partial charge in [0, 0.05) is 41.8 Å². The summed E-state index contributed by atoms with van der Waals surface area (Å²) in [4.78, 5) is 9.94. The molecule has 2 bridgehead atoms. The summed E-state index contributed by atoms with van der Waals surface area (Å²) in [7, 11) is 2.04. The maximum Gasteiger partial charge on any atom is 0.208 e. The predicted octanol–water partition coefficient (Wildman–Crippen LogP) is 6.05. The van der Waals surface area contributed by atoms with E-state index in [0.29, 0.717) is 11.8 Å². The molecule has 198 valence electrons. The van der Waals surface area contributed by atoms with Gasteiger partial charge in [0.1, 0.15) is 0 Å². The molecular formula is C31H39N7. The van der Waals surface area contributed by atoms with Crippen LogP contribution in [-0.4, -0.2) is 37.4 Å². The number of aromatic nitrogens is 5. The fourth-order valence-electron chi connectivity index (χ4n) is 6.18. The number of imidazole rings is 1. The van der Waals surface area contributed by atoms with Crippen molar-refractivity contribution in [3.8, 4) is 11.3 Å². The molecule has 0 saturated carbocycles. The van der Waals surface area contributed by atoms with Crippen LogP contribution in [0.5, 0.6) is 0 Å². The van der Waals surface area contributed by atoms with Crippen LogP contribution < -0.4 is 10.6 Å². The van der Waals surface area contributed by atoms with Crippen molar-refractivity contribution in [3.63, 3.8) is 0 Å². The molecule has 1 fully saturated rings. The van der Waals surface area contributed by atoms with Gasteiger partial charge in [0.15, 0.2) is 0 Å². The second-order valence-corrected chi connectivity index (χ2v) is 11.3. The molecule has 0 amide bonds. The third kappa shape index (κ3) is 4.87. The lowest BCUT2D eigenvalue weighted by atomic mass is 9.90. The van der Waals surface area contributed by atoms with Crippen LogP contribution in [0.25, 0.3) is 28.0 Å². The number of aryl methyl sites for hydroxylation is 2. The first-order valence-electron chi connectivity index (χ1n) is 14.1. The van der Waals surface area contributed by atoms with E-state index in [4.69, 9.17) is 9.97 Å². The number of nitrogens with zero attached hydrogens (tertiary/aromatic N) is 5. The molecule has 6 rings (SSSR count). The van der Waals surface area contributed by atoms with E-state index in [9.17, 15) is 0 Å². The van der Waals surface area contributed by atoms with Gasteiger partial charge in [-0.15, -0.1) is 0 Å². The average molecular weight is 510 g/mol. The van der Waals surface area contributed by atoms with Gasteiger partial charge >= 0.3 is 0 Å². The number of nitrogens with one attached hydrogen (secondary N) is 2. The molecule has 4 aromatic rings. The van der Waals surface area contributed by atoms with E-state index in [1.807, 2.05) is 24.9 Å². The molecule has 1 aromatic carbocycles. The van der Waals surface area contributed by atoms with Gasteiger partial charge in [-0.1, -0.05) is 26.0 Å². The van der Waals surface area contributed by atoms with Crippen LogP contribution in [0.4, 0.5) is 5.95 Å². The lowest BCUT2D eigenvalue weighted by Crippen LogP contribution is -2.26. The zero-order valence-electron chi connectivity index (χ0n) is 22.9. The SMILES string of the molecule is C=C1Nc2nc3ccc(C4CCNCC4)cc3n2CC(C)CCCCc2c(cnn2C)-c2cc1cc(C)n2. The molecule has 2 aliphatic rings. The van der Waals surface area contributed by atoms with E-state index in [-0.39, 0.29) is 0 Å². The first-order valence-corrected chi connectivity index (χ1v) is 14.1. The lowest BCUT2D eigenvalue weighted by Gasteiger charge is -2.23. The maximum atomic E-state index is 5.06. The normalized spacial score (nSPS) is 19.3. The smallest absolute Gasteiger partial charge is 0.208 e. The summed E-state index contributed by atoms with van der Waals surface area (Å²) in [5.41, 5.74) is 9.84. The van der Waals surface area contributed by atoms with Gasteiger partial charge in [-0.3, -0.25) is 9.67 Å². The highest BCUT2D eigenvalue weighted by Crippen LogP contribution is 2.32. The van der Waals surface area contributed by atoms with Gasteiger partial charge in [-0.2, -0.15) is 5.10 Å². The van der Waals surface area contributed by atoms with Crippen molar-refractivity contribution < 1.29 is 0 Å². The van der Waals surface area contributed by atoms with Crippen molar-refractivity contribution in [2.75, 3.05) is 18.4 Å². The Bertz CT molecular complexity index is 1470. The zero-order chi connectivity index (χ0) is 26.2. The van der Waals surface area contributed by atoms with Crippen molar-refractivity contribution in [2.45, 2.75) is 64.8 Å². The number of fused-ring (bicyclic) bond motifs is 7. The molecular weight excluding hydrogens is 470 g/mol. The van der Waals surface area contributed by atoms with E-state index in [1.165, 1.54) is 42.5 Å². The Kier molecular flexibility index (Phi) is 6.78. The molecule has 38 heavy (non-hydrogen) atoms. The highest BCUT2D eigenvalue weighted by Gasteiger charge is 2.21. The maximum absolute atomic E-state index is 5.06. The lowest BCUT2D eigenvalue weighted by molar-refractivity contribution is 0.437. The molecule has 5 heterocycles. The van der Waals surface area contributed by atoms with E-state index < -0.39 is 0 Å². The molecule has 1 atom stereocenters. The van der Waals surface area contributed by atoms with Crippen LogP contribution in [0, 0.1) is 12.8 Å². The molecule has 1 saturated heterocycles. The molecule has 3 aromatic heterocycles. The number of rotatable bonds is 1. The number of hydrogen-bond acceptors (Lipinski definition) is 5. The van der Waals surface area contributed by atoms with Crippen LogP contribution in [-0.2, 0) is 20.0 Å². The summed E-state index contributed by atoms with van der Waals surface area (Å²) in [6, 6.07) is 11.1. The Morgan fingerprint density at radius 2 is 1.87 bits per heavy atom. The standard InChI is InChI=1S/C31H39N7/c1-20-7-5-6-8-29-26(18-33-37(29)4)28-16-25(15-21(2)34-28)22(3)35-31-36-27-10-9-24(17-30(27)38(31)19-20)23-11-13-32-14-12-23/h9-10,15-18,20,23,32H,3,5-8,11-14,19H2,1-2,4H3,(H,35,36). The molecule has 1 unspecified atom stereocenters. The summed E-state index contributed by atoms with van der Waals surface area (Å²) in [5, 5.41) is 11.7. The fraction of sp³-hybridized carbons (Fsp3) is 0.452. The second-order valence-electron chi connectivity index (χ2n) is 11.3. The minimum absolute atomic E-state index is 0.532. The van der Waals surface area contributed by atoms with Crippen LogP contribution in [0.3, 0.4) is 0 Å². The summed E-state index contributed by atoms with van der Waals surface area (Å²) in [6.45, 7) is 12.0. The Morgan fingerprint density at radius 3 is 2.71 bits per heavy atom. The highest BCUT2D eigenvalue weighted by atomic mass is 15.3. The molecule has 7 nitrogen and oxygen atoms in total. The topological polar surface area (TPSA) is 72.6 Å². The largest absolute Gasteiger partial charge is 0.326 e. The van der Waals surface area contributed by atoms with Crippen molar-refractivity contribution >= 4 is 22.7 Å². The minimum Gasteiger partial charge on any atom is -0.326 e. The van der Waals surface area contributed by atoms with Gasteiger partial charge in [0.05, 0.1) is 22.9 Å². The Labute approximate surface area is 225 Å². The van der Waals surface area contributed by atoms with Gasteiger partial charge in [0.25, 0.3) is 0 Å². The average Bonchev–Trinajstić information content (AvgIpc) is 3.45. The van der Waals surface area contributed by atoms with Crippen molar-refractivity contribution in [3.05, 3.63) is 65.6 Å². The molecule has 0 radical (unpaired) electrons. The Balaban J connectivity index is 1.42. The summed E-state index contributed by atoms with van der Waals surface area (Å²) >= 11 is 0. The fourth-order valence-corrected chi connectivity index (χ4v) is 6.18. The second kappa shape index (κ2) is 10.4. The third-order valence-corrected chi connectivity index (χ3v) is 8.34. The Morgan fingerprint density at radius 1 is 1.03 bits per heavy atom. The van der Waals surface area contributed by atoms with E-state index in [0.717, 1.165) is 72.2 Å². The molecule has 0 spiro atoms. The van der Waals surface area contributed by atoms with Crippen molar-refractivity contribution in [2.24, 2.45) is 13.0 Å². The molecule has 2 aliphatic heterocycles. The number of benzene rings is 1. The predicted molar refractivity (Wildman–Crippen MR) is 155 cm³/mol. The monoisotopic (exact) mass is 509 g/mol. The van der Waals surface area contributed by atoms with Gasteiger partial charge in [0.2, 0.25) is 5.95 Å². The Hall–Kier alpha value is -3.45. The van der Waals surface area contributed by atoms with Crippen molar-refractivity contribution in [1.29, 1.82) is 0 Å². The van der Waals surface area contributed by atoms with E-state index in [1.54, 1.807) is 0 Å². The van der Waals surface area contributed by atoms with Crippen LogP contribution >= 0.6 is 0 Å². The number of piperidine rings is 1. The van der Waals surface area contributed by atoms with E-state index >= 15 is 0 Å². The van der Waals surface area contributed by atoms with Crippen LogP contribution in [0.1, 0.15) is 67.5 Å². The molecule has 2 N–H and O–H groups in total. The minimum atomic E-state index is 0.532. The van der Waals surface area contributed by atoms with Gasteiger partial charge in [-0.05, 0) is 93.8 Å². The van der Waals surface area contributed by atoms with Crippen LogP contribution in [0.15, 0.2) is 43.1 Å². The quantitative estimate of drug-likeness (QED) is 0.327. The summed E-state index contributed by atoms with van der Waals surface area (Å²) < 4.78 is 4.40. The zero-order valence-corrected chi connectivity index (χ0v) is 22.9. The summed E-state index contributed by atoms with van der Waals surface area (Å²) in [6.07, 6.45) is 8.84. The summed E-state index contributed by atoms with van der Waals surface area (Å²) in [5.74, 6) is 2.01. The number of pyridine rings is 1. The first-order chi connectivity index (χ1) is 18.5. The highest BCUT2D eigenvalue weighted by molar-refractivity contribution is 5.83. The third-order valence-electron chi connectivity index (χ3n) is 8.34. The molecule has 0 aliphatic carbocycles. The number of anilines is 1. The van der Waals surface area contributed by atoms with Crippen molar-refractivity contribution in [1.82, 2.24) is 29.6 Å². The molecule has 7 heteroatoms. The van der Waals surface area contributed by atoms with Gasteiger partial charge in [-0.25, -0.2) is 4.98 Å².